The zero-order valence-electron chi connectivity index (χ0n) is 27.6. The Bertz CT molecular complexity index is 3090. The summed E-state index contributed by atoms with van der Waals surface area (Å²) >= 11 is 0.174. The van der Waals surface area contributed by atoms with Crippen LogP contribution < -0.4 is 0 Å². The first-order chi connectivity index (χ1) is 25.3. The molecule has 11 rings (SSSR count). The van der Waals surface area contributed by atoms with Crippen LogP contribution in [0.2, 0.25) is 0 Å². The summed E-state index contributed by atoms with van der Waals surface area (Å²) in [5, 5.41) is 7.81. The zero-order chi connectivity index (χ0) is 33.5. The van der Waals surface area contributed by atoms with Crippen LogP contribution in [0, 0.1) is 0 Å². The van der Waals surface area contributed by atoms with E-state index in [0.717, 1.165) is 0 Å². The molecule has 0 saturated carbocycles. The third-order valence-corrected chi connectivity index (χ3v) is 13.0. The summed E-state index contributed by atoms with van der Waals surface area (Å²) in [6, 6.07) is 67.0. The Balaban J connectivity index is 1.17. The van der Waals surface area contributed by atoms with Crippen molar-refractivity contribution in [2.75, 3.05) is 0 Å². The summed E-state index contributed by atoms with van der Waals surface area (Å²) in [6.07, 6.45) is 0. The molecule has 0 atom stereocenters. The van der Waals surface area contributed by atoms with E-state index >= 15 is 0 Å². The molecule has 11 aromatic rings. The third kappa shape index (κ3) is 4.29. The number of benzene rings is 8. The second kappa shape index (κ2) is 11.2. The van der Waals surface area contributed by atoms with E-state index < -0.39 is 0 Å². The van der Waals surface area contributed by atoms with Gasteiger partial charge in [-0.15, -0.1) is 0 Å². The standard InChI is InChI=1S/C48H30N2Se/c1-2-13-31(14-3-1)32-15-10-16-33(29-32)35-20-11-21-40-47-44(25-12-26-46(47)51-48(35)40)50-43-24-9-6-19-38(43)39-28-27-34(30-45(39)50)49-41-22-7-4-17-36(41)37-18-5-8-23-42(37)49/h1-30H. The van der Waals surface area contributed by atoms with E-state index in [4.69, 9.17) is 0 Å². The molecular weight excluding hydrogens is 684 g/mol. The summed E-state index contributed by atoms with van der Waals surface area (Å²) in [5.74, 6) is 0. The van der Waals surface area contributed by atoms with Crippen molar-refractivity contribution in [1.82, 2.24) is 9.13 Å². The van der Waals surface area contributed by atoms with Crippen LogP contribution in [0.15, 0.2) is 182 Å². The predicted octanol–water partition coefficient (Wildman–Crippen LogP) is 12.6. The first kappa shape index (κ1) is 28.7. The van der Waals surface area contributed by atoms with Gasteiger partial charge in [0.1, 0.15) is 0 Å². The molecule has 3 heteroatoms. The molecule has 0 saturated heterocycles. The molecule has 0 N–H and O–H groups in total. The van der Waals surface area contributed by atoms with Crippen molar-refractivity contribution < 1.29 is 0 Å². The summed E-state index contributed by atoms with van der Waals surface area (Å²) in [6.45, 7) is 0. The molecule has 8 aromatic carbocycles. The topological polar surface area (TPSA) is 9.86 Å². The van der Waals surface area contributed by atoms with Crippen LogP contribution in [0.4, 0.5) is 0 Å². The molecule has 0 spiro atoms. The summed E-state index contributed by atoms with van der Waals surface area (Å²) < 4.78 is 7.85. The molecule has 3 aromatic heterocycles. The SMILES string of the molecule is c1ccc(-c2cccc(-c3cccc4c3[se]c3cccc(-n5c6ccccc6c6ccc(-n7c8ccccc8c8ccccc87)cc65)c34)c2)cc1. The first-order valence-electron chi connectivity index (χ1n) is 17.4. The van der Waals surface area contributed by atoms with Gasteiger partial charge < -0.3 is 0 Å². The van der Waals surface area contributed by atoms with E-state index in [1.807, 2.05) is 0 Å². The van der Waals surface area contributed by atoms with E-state index in [-0.39, 0.29) is 14.5 Å². The molecule has 0 fully saturated rings. The van der Waals surface area contributed by atoms with Crippen LogP contribution in [0.3, 0.4) is 0 Å². The fraction of sp³-hybridized carbons (Fsp3) is 0. The Morgan fingerprint density at radius 1 is 0.353 bits per heavy atom. The van der Waals surface area contributed by atoms with Crippen LogP contribution in [-0.4, -0.2) is 23.6 Å². The molecule has 0 aliphatic rings. The second-order valence-electron chi connectivity index (χ2n) is 13.3. The van der Waals surface area contributed by atoms with Crippen molar-refractivity contribution in [3.63, 3.8) is 0 Å². The van der Waals surface area contributed by atoms with E-state index in [2.05, 4.69) is 191 Å². The van der Waals surface area contributed by atoms with Crippen LogP contribution in [0.1, 0.15) is 0 Å². The molecule has 0 unspecified atom stereocenters. The van der Waals surface area contributed by atoms with E-state index in [9.17, 15) is 0 Å². The zero-order valence-corrected chi connectivity index (χ0v) is 29.3. The van der Waals surface area contributed by atoms with Crippen molar-refractivity contribution in [3.05, 3.63) is 182 Å². The average Bonchev–Trinajstić information content (AvgIpc) is 3.86. The van der Waals surface area contributed by atoms with Crippen molar-refractivity contribution >= 4 is 77.4 Å². The third-order valence-electron chi connectivity index (χ3n) is 10.5. The van der Waals surface area contributed by atoms with Crippen LogP contribution in [-0.2, 0) is 0 Å². The Labute approximate surface area is 300 Å². The number of hydrogen-bond acceptors (Lipinski definition) is 0. The number of rotatable bonds is 4. The van der Waals surface area contributed by atoms with Crippen molar-refractivity contribution in [2.45, 2.75) is 0 Å². The number of para-hydroxylation sites is 3. The van der Waals surface area contributed by atoms with Gasteiger partial charge in [0.05, 0.1) is 0 Å². The van der Waals surface area contributed by atoms with E-state index in [1.54, 1.807) is 0 Å². The summed E-state index contributed by atoms with van der Waals surface area (Å²) in [7, 11) is 0. The van der Waals surface area contributed by atoms with Gasteiger partial charge in [0.15, 0.2) is 0 Å². The van der Waals surface area contributed by atoms with E-state index in [0.29, 0.717) is 0 Å². The Kier molecular flexibility index (Phi) is 6.30. The van der Waals surface area contributed by atoms with Gasteiger partial charge in [-0.05, 0) is 0 Å². The van der Waals surface area contributed by atoms with Gasteiger partial charge in [-0.1, -0.05) is 0 Å². The summed E-state index contributed by atoms with van der Waals surface area (Å²) in [5.41, 5.74) is 12.4. The number of hydrogen-bond donors (Lipinski definition) is 0. The normalized spacial score (nSPS) is 11.9. The van der Waals surface area contributed by atoms with Gasteiger partial charge in [0.25, 0.3) is 0 Å². The maximum absolute atomic E-state index is 2.52. The quantitative estimate of drug-likeness (QED) is 0.161. The second-order valence-corrected chi connectivity index (χ2v) is 15.5. The first-order valence-corrected chi connectivity index (χ1v) is 19.2. The number of aromatic nitrogens is 2. The molecule has 0 aliphatic carbocycles. The van der Waals surface area contributed by atoms with Gasteiger partial charge in [0.2, 0.25) is 0 Å². The summed E-state index contributed by atoms with van der Waals surface area (Å²) in [4.78, 5) is 0. The fourth-order valence-electron chi connectivity index (χ4n) is 8.30. The fourth-order valence-corrected chi connectivity index (χ4v) is 10.9. The Hall–Kier alpha value is -6.12. The minimum absolute atomic E-state index is 0.174. The number of nitrogens with zero attached hydrogens (tertiary/aromatic N) is 2. The van der Waals surface area contributed by atoms with Crippen LogP contribution in [0.25, 0.3) is 96.5 Å². The van der Waals surface area contributed by atoms with Gasteiger partial charge in [-0.3, -0.25) is 0 Å². The molecular formula is C48H30N2Se. The van der Waals surface area contributed by atoms with Gasteiger partial charge in [0, 0.05) is 0 Å². The maximum atomic E-state index is 2.52. The number of fused-ring (bicyclic) bond motifs is 9. The molecule has 0 radical (unpaired) electrons. The molecule has 0 bridgehead atoms. The molecule has 2 nitrogen and oxygen atoms in total. The predicted molar refractivity (Wildman–Crippen MR) is 218 cm³/mol. The molecule has 0 amide bonds. The van der Waals surface area contributed by atoms with Crippen molar-refractivity contribution in [1.29, 1.82) is 0 Å². The van der Waals surface area contributed by atoms with Gasteiger partial charge >= 0.3 is 302 Å². The van der Waals surface area contributed by atoms with Gasteiger partial charge in [-0.2, -0.15) is 0 Å². The van der Waals surface area contributed by atoms with Crippen molar-refractivity contribution in [2.24, 2.45) is 0 Å². The molecule has 51 heavy (non-hydrogen) atoms. The van der Waals surface area contributed by atoms with Crippen LogP contribution in [0.5, 0.6) is 0 Å². The Morgan fingerprint density at radius 3 is 1.67 bits per heavy atom. The molecule has 238 valence electrons. The average molecular weight is 714 g/mol. The molecule has 0 aliphatic heterocycles. The van der Waals surface area contributed by atoms with Crippen molar-refractivity contribution in [3.8, 4) is 33.6 Å². The van der Waals surface area contributed by atoms with Crippen LogP contribution >= 0.6 is 0 Å². The minimum atomic E-state index is 0.174. The van der Waals surface area contributed by atoms with Gasteiger partial charge in [-0.25, -0.2) is 0 Å². The van der Waals surface area contributed by atoms with E-state index in [1.165, 1.54) is 96.5 Å². The Morgan fingerprint density at radius 2 is 0.922 bits per heavy atom. The molecule has 3 heterocycles. The monoisotopic (exact) mass is 714 g/mol.